The predicted octanol–water partition coefficient (Wildman–Crippen LogP) is 2.91. The summed E-state index contributed by atoms with van der Waals surface area (Å²) in [6, 6.07) is 6.05. The first-order valence-electron chi connectivity index (χ1n) is 6.34. The topological polar surface area (TPSA) is 72.2 Å². The van der Waals surface area contributed by atoms with E-state index in [4.69, 9.17) is 0 Å². The standard InChI is InChI=1S/C14H18N2O3/c1-2-3-4-11-15-14(17)10-7-12-5-8-13(9-6-12)16(18)19/h5-10H,2-4,11H2,1H3,(H,15,17). The average Bonchev–Trinajstić information content (AvgIpc) is 2.42. The van der Waals surface area contributed by atoms with E-state index in [9.17, 15) is 14.9 Å². The highest BCUT2D eigenvalue weighted by atomic mass is 16.6. The van der Waals surface area contributed by atoms with Crippen molar-refractivity contribution in [2.45, 2.75) is 26.2 Å². The van der Waals surface area contributed by atoms with Crippen LogP contribution in [0.3, 0.4) is 0 Å². The summed E-state index contributed by atoms with van der Waals surface area (Å²) in [7, 11) is 0. The number of hydrogen-bond acceptors (Lipinski definition) is 3. The largest absolute Gasteiger partial charge is 0.353 e. The Morgan fingerprint density at radius 3 is 2.58 bits per heavy atom. The molecule has 1 amide bonds. The molecule has 0 atom stereocenters. The van der Waals surface area contributed by atoms with E-state index in [2.05, 4.69) is 12.2 Å². The monoisotopic (exact) mass is 262 g/mol. The van der Waals surface area contributed by atoms with E-state index in [0.29, 0.717) is 6.54 Å². The Hall–Kier alpha value is -2.17. The number of unbranched alkanes of at least 4 members (excludes halogenated alkanes) is 2. The number of nitro groups is 1. The molecule has 1 aromatic carbocycles. The maximum Gasteiger partial charge on any atom is 0.269 e. The lowest BCUT2D eigenvalue weighted by atomic mass is 10.2. The van der Waals surface area contributed by atoms with E-state index < -0.39 is 4.92 Å². The number of rotatable bonds is 7. The van der Waals surface area contributed by atoms with Crippen LogP contribution in [0, 0.1) is 10.1 Å². The lowest BCUT2D eigenvalue weighted by Crippen LogP contribution is -2.21. The lowest BCUT2D eigenvalue weighted by molar-refractivity contribution is -0.384. The summed E-state index contributed by atoms with van der Waals surface area (Å²) >= 11 is 0. The van der Waals surface area contributed by atoms with Crippen molar-refractivity contribution in [2.75, 3.05) is 6.54 Å². The van der Waals surface area contributed by atoms with Gasteiger partial charge in [0.25, 0.3) is 5.69 Å². The van der Waals surface area contributed by atoms with Gasteiger partial charge in [-0.1, -0.05) is 19.8 Å². The Morgan fingerprint density at radius 2 is 2.00 bits per heavy atom. The lowest BCUT2D eigenvalue weighted by Gasteiger charge is -2.00. The molecule has 0 heterocycles. The minimum absolute atomic E-state index is 0.0427. The van der Waals surface area contributed by atoms with Gasteiger partial charge in [0.05, 0.1) is 4.92 Å². The minimum Gasteiger partial charge on any atom is -0.353 e. The molecular weight excluding hydrogens is 244 g/mol. The number of amides is 1. The van der Waals surface area contributed by atoms with Crippen LogP contribution in [0.4, 0.5) is 5.69 Å². The van der Waals surface area contributed by atoms with Gasteiger partial charge >= 0.3 is 0 Å². The number of nitrogens with one attached hydrogen (secondary N) is 1. The van der Waals surface area contributed by atoms with E-state index in [-0.39, 0.29) is 11.6 Å². The SMILES string of the molecule is CCCCCNC(=O)C=Cc1ccc([N+](=O)[O-])cc1. The second-order valence-corrected chi connectivity index (χ2v) is 4.18. The molecule has 0 bridgehead atoms. The molecule has 0 radical (unpaired) electrons. The maximum absolute atomic E-state index is 11.4. The van der Waals surface area contributed by atoms with Crippen molar-refractivity contribution in [3.8, 4) is 0 Å². The summed E-state index contributed by atoms with van der Waals surface area (Å²) in [6.07, 6.45) is 6.28. The average molecular weight is 262 g/mol. The van der Waals surface area contributed by atoms with Gasteiger partial charge in [0, 0.05) is 24.8 Å². The first-order valence-corrected chi connectivity index (χ1v) is 6.34. The highest BCUT2D eigenvalue weighted by molar-refractivity contribution is 5.91. The molecule has 0 fully saturated rings. The summed E-state index contributed by atoms with van der Waals surface area (Å²) in [5.41, 5.74) is 0.801. The Labute approximate surface area is 112 Å². The Balaban J connectivity index is 2.43. The molecule has 102 valence electrons. The van der Waals surface area contributed by atoms with E-state index in [0.717, 1.165) is 24.8 Å². The van der Waals surface area contributed by atoms with Gasteiger partial charge in [0.2, 0.25) is 5.91 Å². The van der Waals surface area contributed by atoms with Gasteiger partial charge in [-0.25, -0.2) is 0 Å². The number of nitrogens with zero attached hydrogens (tertiary/aromatic N) is 1. The van der Waals surface area contributed by atoms with Crippen LogP contribution in [0.5, 0.6) is 0 Å². The van der Waals surface area contributed by atoms with Gasteiger partial charge in [-0.15, -0.1) is 0 Å². The summed E-state index contributed by atoms with van der Waals surface area (Å²) in [6.45, 7) is 2.79. The number of carbonyl (C=O) groups excluding carboxylic acids is 1. The zero-order valence-electron chi connectivity index (χ0n) is 11.0. The van der Waals surface area contributed by atoms with Crippen LogP contribution in [0.25, 0.3) is 6.08 Å². The minimum atomic E-state index is -0.450. The van der Waals surface area contributed by atoms with Crippen LogP contribution < -0.4 is 5.32 Å². The Kier molecular flexibility index (Phi) is 6.29. The molecule has 0 aliphatic heterocycles. The predicted molar refractivity (Wildman–Crippen MR) is 74.7 cm³/mol. The molecule has 5 nitrogen and oxygen atoms in total. The number of hydrogen-bond donors (Lipinski definition) is 1. The molecule has 0 saturated heterocycles. The molecule has 1 aromatic rings. The highest BCUT2D eigenvalue weighted by Gasteiger charge is 2.02. The van der Waals surface area contributed by atoms with E-state index in [1.807, 2.05) is 0 Å². The van der Waals surface area contributed by atoms with Gasteiger partial charge < -0.3 is 5.32 Å². The molecule has 0 aliphatic carbocycles. The molecule has 0 spiro atoms. The van der Waals surface area contributed by atoms with Crippen molar-refractivity contribution in [3.63, 3.8) is 0 Å². The molecule has 0 saturated carbocycles. The molecule has 1 N–H and O–H groups in total. The second kappa shape index (κ2) is 8.02. The maximum atomic E-state index is 11.4. The van der Waals surface area contributed by atoms with Crippen LogP contribution in [0.2, 0.25) is 0 Å². The third-order valence-electron chi connectivity index (χ3n) is 2.61. The Bertz CT molecular complexity index is 452. The third-order valence-corrected chi connectivity index (χ3v) is 2.61. The number of carbonyl (C=O) groups is 1. The van der Waals surface area contributed by atoms with Crippen molar-refractivity contribution >= 4 is 17.7 Å². The Morgan fingerprint density at radius 1 is 1.32 bits per heavy atom. The third kappa shape index (κ3) is 5.81. The van der Waals surface area contributed by atoms with Gasteiger partial charge in [0.1, 0.15) is 0 Å². The molecule has 5 heteroatoms. The molecule has 1 rings (SSSR count). The van der Waals surface area contributed by atoms with Gasteiger partial charge in [-0.2, -0.15) is 0 Å². The molecule has 19 heavy (non-hydrogen) atoms. The van der Waals surface area contributed by atoms with Gasteiger partial charge in [0.15, 0.2) is 0 Å². The number of non-ortho nitro benzene ring substituents is 1. The highest BCUT2D eigenvalue weighted by Crippen LogP contribution is 2.12. The zero-order chi connectivity index (χ0) is 14.1. The molecular formula is C14H18N2O3. The van der Waals surface area contributed by atoms with Crippen molar-refractivity contribution in [2.24, 2.45) is 0 Å². The van der Waals surface area contributed by atoms with Crippen molar-refractivity contribution in [1.82, 2.24) is 5.32 Å². The van der Waals surface area contributed by atoms with Gasteiger partial charge in [-0.3, -0.25) is 14.9 Å². The van der Waals surface area contributed by atoms with Gasteiger partial charge in [-0.05, 0) is 30.2 Å². The second-order valence-electron chi connectivity index (χ2n) is 4.18. The molecule has 0 aromatic heterocycles. The van der Waals surface area contributed by atoms with E-state index in [1.54, 1.807) is 18.2 Å². The fourth-order valence-electron chi connectivity index (χ4n) is 1.52. The first kappa shape index (κ1) is 14.9. The summed E-state index contributed by atoms with van der Waals surface area (Å²) in [5.74, 6) is -0.144. The van der Waals surface area contributed by atoms with Crippen LogP contribution >= 0.6 is 0 Å². The fraction of sp³-hybridized carbons (Fsp3) is 0.357. The number of benzene rings is 1. The van der Waals surface area contributed by atoms with Crippen LogP contribution in [-0.4, -0.2) is 17.4 Å². The van der Waals surface area contributed by atoms with Crippen molar-refractivity contribution in [3.05, 3.63) is 46.0 Å². The van der Waals surface area contributed by atoms with E-state index in [1.165, 1.54) is 18.2 Å². The normalized spacial score (nSPS) is 10.6. The quantitative estimate of drug-likeness (QED) is 0.355. The van der Waals surface area contributed by atoms with Crippen LogP contribution in [0.1, 0.15) is 31.7 Å². The summed E-state index contributed by atoms with van der Waals surface area (Å²) in [5, 5.41) is 13.3. The zero-order valence-corrected chi connectivity index (χ0v) is 11.0. The smallest absolute Gasteiger partial charge is 0.269 e. The summed E-state index contributed by atoms with van der Waals surface area (Å²) in [4.78, 5) is 21.5. The molecule has 0 unspecified atom stereocenters. The van der Waals surface area contributed by atoms with E-state index >= 15 is 0 Å². The van der Waals surface area contributed by atoms with Crippen molar-refractivity contribution < 1.29 is 9.72 Å². The van der Waals surface area contributed by atoms with Crippen LogP contribution in [0.15, 0.2) is 30.3 Å². The van der Waals surface area contributed by atoms with Crippen molar-refractivity contribution in [1.29, 1.82) is 0 Å². The fourth-order valence-corrected chi connectivity index (χ4v) is 1.52. The first-order chi connectivity index (χ1) is 9.13. The number of nitro benzene ring substituents is 1. The molecule has 0 aliphatic rings. The summed E-state index contributed by atoms with van der Waals surface area (Å²) < 4.78 is 0. The van der Waals surface area contributed by atoms with Crippen LogP contribution in [-0.2, 0) is 4.79 Å².